The number of nitrogens with one attached hydrogen (secondary N) is 1. The van der Waals surface area contributed by atoms with Gasteiger partial charge in [0, 0.05) is 42.7 Å². The number of fused-ring (bicyclic) bond motifs is 2. The second-order valence-electron chi connectivity index (χ2n) is 10.2. The fraction of sp³-hybridized carbons (Fsp3) is 0.393. The number of aryl methyl sites for hydroxylation is 1. The molecule has 0 spiro atoms. The molecule has 38 heavy (non-hydrogen) atoms. The molecule has 8 nitrogen and oxygen atoms in total. The molecule has 1 fully saturated rings. The Morgan fingerprint density at radius 1 is 1.16 bits per heavy atom. The van der Waals surface area contributed by atoms with E-state index < -0.39 is 11.6 Å². The topological polar surface area (TPSA) is 88.8 Å². The summed E-state index contributed by atoms with van der Waals surface area (Å²) in [5.41, 5.74) is 3.16. The summed E-state index contributed by atoms with van der Waals surface area (Å²) < 4.78 is 31.9. The van der Waals surface area contributed by atoms with Gasteiger partial charge in [-0.25, -0.2) is 28.7 Å². The molecule has 196 valence electrons. The molecule has 1 aromatic carbocycles. The second-order valence-corrected chi connectivity index (χ2v) is 10.2. The maximum atomic E-state index is 15.0. The molecular weight excluding hydrogens is 488 g/mol. The molecule has 2 aliphatic rings. The number of pyridine rings is 1. The van der Waals surface area contributed by atoms with Gasteiger partial charge in [0.15, 0.2) is 11.6 Å². The first-order valence-corrected chi connectivity index (χ1v) is 13.1. The molecule has 0 unspecified atom stereocenters. The van der Waals surface area contributed by atoms with Gasteiger partial charge < -0.3 is 14.8 Å². The van der Waals surface area contributed by atoms with Crippen LogP contribution in [-0.4, -0.2) is 41.9 Å². The van der Waals surface area contributed by atoms with Crippen LogP contribution in [0.4, 0.5) is 20.5 Å². The summed E-state index contributed by atoms with van der Waals surface area (Å²) in [6.07, 6.45) is 4.58. The number of carbonyl (C=O) groups excluding carboxylic acids is 1. The van der Waals surface area contributed by atoms with Crippen LogP contribution in [0.15, 0.2) is 30.5 Å². The summed E-state index contributed by atoms with van der Waals surface area (Å²) in [4.78, 5) is 32.0. The maximum Gasteiger partial charge on any atom is 0.229 e. The number of halogens is 2. The summed E-state index contributed by atoms with van der Waals surface area (Å²) in [5.74, 6) is 0.436. The van der Waals surface area contributed by atoms with Crippen LogP contribution in [0.3, 0.4) is 0 Å². The molecular formula is C28H29F2N7O. The van der Waals surface area contributed by atoms with Crippen LogP contribution in [0.2, 0.25) is 0 Å². The molecule has 3 aromatic heterocycles. The van der Waals surface area contributed by atoms with Gasteiger partial charge in [-0.15, -0.1) is 0 Å². The number of rotatable bonds is 6. The molecule has 6 rings (SSSR count). The van der Waals surface area contributed by atoms with Crippen molar-refractivity contribution in [1.82, 2.24) is 29.4 Å². The minimum atomic E-state index is -0.645. The minimum Gasteiger partial charge on any atom is -0.338 e. The highest BCUT2D eigenvalue weighted by Gasteiger charge is 2.29. The fourth-order valence-electron chi connectivity index (χ4n) is 5.10. The highest BCUT2D eigenvalue weighted by molar-refractivity contribution is 5.83. The van der Waals surface area contributed by atoms with Crippen LogP contribution in [0.25, 0.3) is 22.3 Å². The van der Waals surface area contributed by atoms with E-state index in [9.17, 15) is 13.6 Å². The number of hydrogen-bond donors (Lipinski definition) is 1. The Kier molecular flexibility index (Phi) is 6.04. The van der Waals surface area contributed by atoms with Crippen molar-refractivity contribution in [2.24, 2.45) is 5.92 Å². The SMILES string of the molecule is CC[C@H](C)C(=O)N1CCc2nc(Nc3ncc(F)c(-c4cc(F)c5nc(C)n(C6CC6)c5c4)n3)ccc2C1. The molecule has 4 aromatic rings. The molecule has 1 saturated carbocycles. The Hall–Kier alpha value is -3.95. The lowest BCUT2D eigenvalue weighted by Gasteiger charge is -2.30. The van der Waals surface area contributed by atoms with Crippen molar-refractivity contribution in [2.45, 2.75) is 59.0 Å². The average molecular weight is 518 g/mol. The van der Waals surface area contributed by atoms with Gasteiger partial charge >= 0.3 is 0 Å². The van der Waals surface area contributed by atoms with Crippen molar-refractivity contribution in [3.05, 3.63) is 59.2 Å². The number of nitrogens with zero attached hydrogens (tertiary/aromatic N) is 6. The van der Waals surface area contributed by atoms with Crippen molar-refractivity contribution < 1.29 is 13.6 Å². The normalized spacial score (nSPS) is 16.0. The zero-order valence-electron chi connectivity index (χ0n) is 21.6. The van der Waals surface area contributed by atoms with Gasteiger partial charge in [-0.1, -0.05) is 19.9 Å². The maximum absolute atomic E-state index is 15.0. The third-order valence-electron chi connectivity index (χ3n) is 7.49. The molecule has 10 heteroatoms. The first-order valence-electron chi connectivity index (χ1n) is 13.1. The van der Waals surface area contributed by atoms with Crippen LogP contribution >= 0.6 is 0 Å². The van der Waals surface area contributed by atoms with Crippen molar-refractivity contribution in [1.29, 1.82) is 0 Å². The molecule has 0 bridgehead atoms. The zero-order chi connectivity index (χ0) is 26.6. The van der Waals surface area contributed by atoms with Crippen LogP contribution in [-0.2, 0) is 17.8 Å². The van der Waals surface area contributed by atoms with Gasteiger partial charge in [0.1, 0.15) is 22.9 Å². The van der Waals surface area contributed by atoms with E-state index >= 15 is 0 Å². The highest BCUT2D eigenvalue weighted by Crippen LogP contribution is 2.40. The highest BCUT2D eigenvalue weighted by atomic mass is 19.1. The number of hydrogen-bond acceptors (Lipinski definition) is 6. The Labute approximate surface area is 219 Å². The number of amides is 1. The van der Waals surface area contributed by atoms with Crippen molar-refractivity contribution in [3.8, 4) is 11.3 Å². The third-order valence-corrected chi connectivity index (χ3v) is 7.49. The minimum absolute atomic E-state index is 0.00154. The van der Waals surface area contributed by atoms with Gasteiger partial charge in [-0.2, -0.15) is 0 Å². The summed E-state index contributed by atoms with van der Waals surface area (Å²) in [7, 11) is 0. The number of carbonyl (C=O) groups is 1. The van der Waals surface area contributed by atoms with Crippen molar-refractivity contribution in [2.75, 3.05) is 11.9 Å². The van der Waals surface area contributed by atoms with E-state index in [0.29, 0.717) is 42.5 Å². The second kappa shape index (κ2) is 9.41. The monoisotopic (exact) mass is 517 g/mol. The zero-order valence-corrected chi connectivity index (χ0v) is 21.6. The lowest BCUT2D eigenvalue weighted by atomic mass is 10.0. The van der Waals surface area contributed by atoms with Crippen LogP contribution in [0.5, 0.6) is 0 Å². The first-order chi connectivity index (χ1) is 18.3. The van der Waals surface area contributed by atoms with E-state index in [-0.39, 0.29) is 29.0 Å². The lowest BCUT2D eigenvalue weighted by Crippen LogP contribution is -2.39. The van der Waals surface area contributed by atoms with Gasteiger partial charge in [0.25, 0.3) is 0 Å². The van der Waals surface area contributed by atoms with Crippen molar-refractivity contribution in [3.63, 3.8) is 0 Å². The van der Waals surface area contributed by atoms with Crippen LogP contribution in [0, 0.1) is 24.5 Å². The van der Waals surface area contributed by atoms with E-state index in [1.165, 1.54) is 6.07 Å². The molecule has 0 saturated heterocycles. The number of benzene rings is 1. The predicted molar refractivity (Wildman–Crippen MR) is 140 cm³/mol. The van der Waals surface area contributed by atoms with Gasteiger partial charge in [-0.05, 0) is 49.9 Å². The Balaban J connectivity index is 1.27. The third kappa shape index (κ3) is 4.37. The molecule has 1 amide bonds. The lowest BCUT2D eigenvalue weighted by molar-refractivity contribution is -0.136. The Bertz CT molecular complexity index is 1560. The van der Waals surface area contributed by atoms with E-state index in [0.717, 1.165) is 42.5 Å². The largest absolute Gasteiger partial charge is 0.338 e. The Morgan fingerprint density at radius 3 is 2.74 bits per heavy atom. The summed E-state index contributed by atoms with van der Waals surface area (Å²) in [6.45, 7) is 6.98. The van der Waals surface area contributed by atoms with E-state index in [1.54, 1.807) is 12.1 Å². The van der Waals surface area contributed by atoms with E-state index in [2.05, 4.69) is 20.3 Å². The van der Waals surface area contributed by atoms with Gasteiger partial charge in [0.2, 0.25) is 11.9 Å². The number of imidazole rings is 1. The van der Waals surface area contributed by atoms with E-state index in [1.807, 2.05) is 36.3 Å². The van der Waals surface area contributed by atoms with Crippen molar-refractivity contribution >= 4 is 28.7 Å². The predicted octanol–water partition coefficient (Wildman–Crippen LogP) is 5.48. The van der Waals surface area contributed by atoms with Gasteiger partial charge in [-0.3, -0.25) is 4.79 Å². The first kappa shape index (κ1) is 24.4. The summed E-state index contributed by atoms with van der Waals surface area (Å²) in [6, 6.07) is 7.05. The standard InChI is InChI=1S/C28H29F2N7O/c1-4-15(2)27(38)36-10-9-22-17(14-36)5-8-24(33-22)34-28-31-13-21(30)25(35-28)18-11-20(29)26-23(12-18)37(16(3)32-26)19-6-7-19/h5,8,11-13,15,19H,4,6-7,9-10,14H2,1-3H3,(H,31,33,34,35)/t15-/m0/s1. The number of aromatic nitrogens is 5. The molecule has 0 radical (unpaired) electrons. The smallest absolute Gasteiger partial charge is 0.229 e. The van der Waals surface area contributed by atoms with Crippen LogP contribution < -0.4 is 5.32 Å². The summed E-state index contributed by atoms with van der Waals surface area (Å²) in [5, 5.41) is 3.06. The molecule has 4 heterocycles. The van der Waals surface area contributed by atoms with E-state index in [4.69, 9.17) is 4.98 Å². The van der Waals surface area contributed by atoms with Gasteiger partial charge in [0.05, 0.1) is 11.7 Å². The molecule has 1 aliphatic carbocycles. The fourth-order valence-corrected chi connectivity index (χ4v) is 5.10. The molecule has 1 atom stereocenters. The summed E-state index contributed by atoms with van der Waals surface area (Å²) >= 11 is 0. The Morgan fingerprint density at radius 2 is 1.97 bits per heavy atom. The average Bonchev–Trinajstić information content (AvgIpc) is 3.69. The van der Waals surface area contributed by atoms with Crippen LogP contribution in [0.1, 0.15) is 56.2 Å². The quantitative estimate of drug-likeness (QED) is 0.364. The molecule has 1 aliphatic heterocycles. The number of anilines is 2. The molecule has 1 N–H and O–H groups in total.